The van der Waals surface area contributed by atoms with Crippen LogP contribution in [0.3, 0.4) is 0 Å². The molecule has 0 spiro atoms. The van der Waals surface area contributed by atoms with Crippen molar-refractivity contribution in [3.63, 3.8) is 0 Å². The summed E-state index contributed by atoms with van der Waals surface area (Å²) in [6.45, 7) is 3.18. The zero-order valence-electron chi connectivity index (χ0n) is 16.3. The Morgan fingerprint density at radius 2 is 1.89 bits per heavy atom. The number of aliphatic imine (C=N–C) groups is 1. The number of rotatable bonds is 6. The van der Waals surface area contributed by atoms with E-state index in [0.29, 0.717) is 19.2 Å². The minimum absolute atomic E-state index is 0. The summed E-state index contributed by atoms with van der Waals surface area (Å²) < 4.78 is 11.3. The van der Waals surface area contributed by atoms with Crippen LogP contribution in [0.1, 0.15) is 44.9 Å². The molecule has 6 nitrogen and oxygen atoms in total. The minimum Gasteiger partial charge on any atom is -0.490 e. The summed E-state index contributed by atoms with van der Waals surface area (Å²) in [5.41, 5.74) is 6.90. The van der Waals surface area contributed by atoms with Gasteiger partial charge in [0.2, 0.25) is 0 Å². The van der Waals surface area contributed by atoms with E-state index in [1.54, 1.807) is 0 Å². The van der Waals surface area contributed by atoms with Gasteiger partial charge in [-0.2, -0.15) is 0 Å². The Labute approximate surface area is 179 Å². The fourth-order valence-electron chi connectivity index (χ4n) is 3.65. The van der Waals surface area contributed by atoms with Crippen molar-refractivity contribution in [1.82, 2.24) is 4.90 Å². The fourth-order valence-corrected chi connectivity index (χ4v) is 3.65. The van der Waals surface area contributed by atoms with Gasteiger partial charge in [-0.15, -0.1) is 24.0 Å². The predicted molar refractivity (Wildman–Crippen MR) is 122 cm³/mol. The lowest BCUT2D eigenvalue weighted by atomic mass is 9.94. The lowest BCUT2D eigenvalue weighted by Crippen LogP contribution is -2.34. The van der Waals surface area contributed by atoms with E-state index in [2.05, 4.69) is 22.3 Å². The maximum atomic E-state index is 6.03. The van der Waals surface area contributed by atoms with Crippen molar-refractivity contribution in [2.24, 2.45) is 10.7 Å². The summed E-state index contributed by atoms with van der Waals surface area (Å²) in [5, 5.41) is 3.14. The maximum absolute atomic E-state index is 6.03. The van der Waals surface area contributed by atoms with Crippen LogP contribution in [0.2, 0.25) is 0 Å². The molecule has 1 heterocycles. The van der Waals surface area contributed by atoms with Crippen LogP contribution in [0, 0.1) is 0 Å². The van der Waals surface area contributed by atoms with Gasteiger partial charge >= 0.3 is 0 Å². The van der Waals surface area contributed by atoms with Gasteiger partial charge in [-0.05, 0) is 45.0 Å². The van der Waals surface area contributed by atoms with Crippen molar-refractivity contribution in [3.05, 3.63) is 18.2 Å². The van der Waals surface area contributed by atoms with Gasteiger partial charge in [0.25, 0.3) is 0 Å². The van der Waals surface area contributed by atoms with Crippen molar-refractivity contribution in [3.8, 4) is 11.5 Å². The molecule has 3 N–H and O–H groups in total. The van der Waals surface area contributed by atoms with Crippen LogP contribution in [-0.2, 0) is 0 Å². The molecule has 0 aromatic heterocycles. The molecule has 1 aromatic rings. The van der Waals surface area contributed by atoms with Crippen LogP contribution in [0.25, 0.3) is 0 Å². The number of hydrogen-bond donors (Lipinski definition) is 2. The molecule has 2 aliphatic rings. The van der Waals surface area contributed by atoms with Gasteiger partial charge in [-0.25, -0.2) is 0 Å². The van der Waals surface area contributed by atoms with Crippen LogP contribution >= 0.6 is 24.0 Å². The molecule has 0 saturated heterocycles. The first-order chi connectivity index (χ1) is 12.7. The molecule has 27 heavy (non-hydrogen) atoms. The Bertz CT molecular complexity index is 606. The number of anilines is 1. The first kappa shape index (κ1) is 22.1. The van der Waals surface area contributed by atoms with Crippen molar-refractivity contribution in [2.45, 2.75) is 51.0 Å². The van der Waals surface area contributed by atoms with E-state index in [4.69, 9.17) is 15.2 Å². The van der Waals surface area contributed by atoms with Crippen molar-refractivity contribution in [1.29, 1.82) is 0 Å². The summed E-state index contributed by atoms with van der Waals surface area (Å²) in [6, 6.07) is 6.52. The molecule has 0 amide bonds. The molecule has 1 aromatic carbocycles. The quantitative estimate of drug-likeness (QED) is 0.276. The Kier molecular flexibility index (Phi) is 9.47. The van der Waals surface area contributed by atoms with Crippen LogP contribution in [0.15, 0.2) is 23.2 Å². The highest BCUT2D eigenvalue weighted by atomic mass is 127. The van der Waals surface area contributed by atoms with E-state index in [-0.39, 0.29) is 24.0 Å². The first-order valence-corrected chi connectivity index (χ1v) is 9.89. The van der Waals surface area contributed by atoms with Crippen LogP contribution < -0.4 is 20.5 Å². The molecular formula is C20H33IN4O2. The Morgan fingerprint density at radius 1 is 1.15 bits per heavy atom. The van der Waals surface area contributed by atoms with Gasteiger partial charge < -0.3 is 25.4 Å². The lowest BCUT2D eigenvalue weighted by Gasteiger charge is -2.30. The third-order valence-electron chi connectivity index (χ3n) is 5.17. The zero-order chi connectivity index (χ0) is 18.2. The van der Waals surface area contributed by atoms with E-state index in [9.17, 15) is 0 Å². The molecule has 0 bridgehead atoms. The van der Waals surface area contributed by atoms with E-state index >= 15 is 0 Å². The largest absolute Gasteiger partial charge is 0.490 e. The van der Waals surface area contributed by atoms with Crippen LogP contribution in [-0.4, -0.2) is 50.3 Å². The topological polar surface area (TPSA) is 72.1 Å². The molecule has 0 unspecified atom stereocenters. The van der Waals surface area contributed by atoms with Crippen LogP contribution in [0.5, 0.6) is 11.5 Å². The monoisotopic (exact) mass is 488 g/mol. The second kappa shape index (κ2) is 11.6. The van der Waals surface area contributed by atoms with Gasteiger partial charge in [0.05, 0.1) is 13.2 Å². The highest BCUT2D eigenvalue weighted by Crippen LogP contribution is 2.32. The van der Waals surface area contributed by atoms with E-state index < -0.39 is 0 Å². The van der Waals surface area contributed by atoms with E-state index in [1.807, 2.05) is 18.2 Å². The summed E-state index contributed by atoms with van der Waals surface area (Å²) in [6.07, 6.45) is 8.75. The molecule has 0 atom stereocenters. The predicted octanol–water partition coefficient (Wildman–Crippen LogP) is 3.85. The minimum atomic E-state index is 0. The number of nitrogens with one attached hydrogen (secondary N) is 1. The zero-order valence-corrected chi connectivity index (χ0v) is 18.6. The summed E-state index contributed by atoms with van der Waals surface area (Å²) >= 11 is 0. The average Bonchev–Trinajstić information content (AvgIpc) is 2.91. The van der Waals surface area contributed by atoms with E-state index in [0.717, 1.165) is 49.2 Å². The van der Waals surface area contributed by atoms with E-state index in [1.165, 1.54) is 32.1 Å². The lowest BCUT2D eigenvalue weighted by molar-refractivity contribution is 0.191. The van der Waals surface area contributed by atoms with Crippen molar-refractivity contribution >= 4 is 35.6 Å². The van der Waals surface area contributed by atoms with Gasteiger partial charge in [-0.1, -0.05) is 19.3 Å². The number of halogens is 1. The molecule has 7 heteroatoms. The number of nitrogens with zero attached hydrogens (tertiary/aromatic N) is 2. The summed E-state index contributed by atoms with van der Waals surface area (Å²) in [4.78, 5) is 6.94. The van der Waals surface area contributed by atoms with Crippen molar-refractivity contribution in [2.75, 3.05) is 38.7 Å². The average molecular weight is 488 g/mol. The second-order valence-corrected chi connectivity index (χ2v) is 7.23. The third kappa shape index (κ3) is 7.03. The summed E-state index contributed by atoms with van der Waals surface area (Å²) in [7, 11) is 2.24. The highest BCUT2D eigenvalue weighted by molar-refractivity contribution is 14.0. The molecular weight excluding hydrogens is 455 g/mol. The number of ether oxygens (including phenoxy) is 2. The first-order valence-electron chi connectivity index (χ1n) is 9.89. The number of fused-ring (bicyclic) bond motifs is 1. The molecule has 1 saturated carbocycles. The fraction of sp³-hybridized carbons (Fsp3) is 0.650. The third-order valence-corrected chi connectivity index (χ3v) is 5.17. The van der Waals surface area contributed by atoms with Gasteiger partial charge in [0, 0.05) is 30.8 Å². The van der Waals surface area contributed by atoms with Gasteiger partial charge in [0.15, 0.2) is 17.5 Å². The molecule has 0 radical (unpaired) electrons. The molecule has 3 rings (SSSR count). The standard InChI is InChI=1S/C20H32N4O2.HI/c1-24(17-7-3-2-4-8-17)12-5-11-22-20(21)23-16-9-10-18-19(15-16)26-14-6-13-25-18;/h9-10,15,17H,2-8,11-14H2,1H3,(H3,21,22,23);1H. The Balaban J connectivity index is 0.00000261. The normalized spacial score (nSPS) is 17.9. The SMILES string of the molecule is CN(CCCN=C(N)Nc1ccc2c(c1)OCCCO2)C1CCCCC1.I. The maximum Gasteiger partial charge on any atom is 0.193 e. The summed E-state index contributed by atoms with van der Waals surface area (Å²) in [5.74, 6) is 1.99. The molecule has 1 fully saturated rings. The molecule has 1 aliphatic heterocycles. The number of hydrogen-bond acceptors (Lipinski definition) is 4. The second-order valence-electron chi connectivity index (χ2n) is 7.23. The smallest absolute Gasteiger partial charge is 0.193 e. The molecule has 152 valence electrons. The van der Waals surface area contributed by atoms with Gasteiger partial charge in [0.1, 0.15) is 0 Å². The number of guanidine groups is 1. The molecule has 1 aliphatic carbocycles. The van der Waals surface area contributed by atoms with Gasteiger partial charge in [-0.3, -0.25) is 4.99 Å². The Hall–Kier alpha value is -1.22. The van der Waals surface area contributed by atoms with Crippen molar-refractivity contribution < 1.29 is 9.47 Å². The number of nitrogens with two attached hydrogens (primary N) is 1. The Morgan fingerprint density at radius 3 is 2.67 bits per heavy atom. The number of benzene rings is 1. The van der Waals surface area contributed by atoms with Crippen LogP contribution in [0.4, 0.5) is 5.69 Å². The highest BCUT2D eigenvalue weighted by Gasteiger charge is 2.17.